The highest BCUT2D eigenvalue weighted by molar-refractivity contribution is 5.73. The van der Waals surface area contributed by atoms with Crippen LogP contribution in [0.2, 0.25) is 0 Å². The lowest BCUT2D eigenvalue weighted by molar-refractivity contribution is -0.147. The third kappa shape index (κ3) is 2.98. The van der Waals surface area contributed by atoms with Crippen LogP contribution in [-0.2, 0) is 4.79 Å². The Hall–Kier alpha value is -0.570. The van der Waals surface area contributed by atoms with E-state index in [-0.39, 0.29) is 0 Å². The Bertz CT molecular complexity index is 209. The number of hydrogen-bond acceptors (Lipinski definition) is 2. The first-order valence-electron chi connectivity index (χ1n) is 5.34. The molecule has 0 aromatic heterocycles. The molecule has 1 fully saturated rings. The Morgan fingerprint density at radius 3 is 2.43 bits per heavy atom. The van der Waals surface area contributed by atoms with E-state index in [9.17, 15) is 4.79 Å². The number of nitrogens with zero attached hydrogens (tertiary/aromatic N) is 1. The fraction of sp³-hybridized carbons (Fsp3) is 0.909. The van der Waals surface area contributed by atoms with Crippen LogP contribution in [0.3, 0.4) is 0 Å². The summed E-state index contributed by atoms with van der Waals surface area (Å²) in [4.78, 5) is 13.0. The molecule has 82 valence electrons. The lowest BCUT2D eigenvalue weighted by Crippen LogP contribution is -2.40. The standard InChI is InChI=1S/C11H21NO2/c1-11(2,10(13)14)8-12(3)7-9-5-4-6-9/h9H,4-8H2,1-3H3,(H,13,14). The third-order valence-electron chi connectivity index (χ3n) is 3.04. The van der Waals surface area contributed by atoms with Gasteiger partial charge in [-0.15, -0.1) is 0 Å². The molecule has 3 heteroatoms. The summed E-state index contributed by atoms with van der Waals surface area (Å²) < 4.78 is 0. The molecule has 0 aromatic rings. The number of carboxylic acids is 1. The molecular weight excluding hydrogens is 178 g/mol. The molecule has 1 rings (SSSR count). The molecule has 1 saturated carbocycles. The highest BCUT2D eigenvalue weighted by Crippen LogP contribution is 2.27. The number of hydrogen-bond donors (Lipinski definition) is 1. The van der Waals surface area contributed by atoms with Gasteiger partial charge in [0.15, 0.2) is 0 Å². The minimum Gasteiger partial charge on any atom is -0.481 e. The molecule has 0 radical (unpaired) electrons. The van der Waals surface area contributed by atoms with E-state index in [0.717, 1.165) is 12.5 Å². The molecular formula is C11H21NO2. The van der Waals surface area contributed by atoms with Crippen molar-refractivity contribution in [3.05, 3.63) is 0 Å². The summed E-state index contributed by atoms with van der Waals surface area (Å²) in [7, 11) is 2.02. The average molecular weight is 199 g/mol. The molecule has 1 aliphatic carbocycles. The SMILES string of the molecule is CN(CC1CCC1)CC(C)(C)C(=O)O. The Balaban J connectivity index is 2.30. The van der Waals surface area contributed by atoms with Crippen molar-refractivity contribution >= 4 is 5.97 Å². The molecule has 1 N–H and O–H groups in total. The summed E-state index contributed by atoms with van der Waals surface area (Å²) in [5.74, 6) is 0.0996. The van der Waals surface area contributed by atoms with Gasteiger partial charge < -0.3 is 10.0 Å². The van der Waals surface area contributed by atoms with Crippen LogP contribution in [0.1, 0.15) is 33.1 Å². The maximum absolute atomic E-state index is 10.9. The first kappa shape index (κ1) is 11.5. The van der Waals surface area contributed by atoms with Gasteiger partial charge >= 0.3 is 5.97 Å². The van der Waals surface area contributed by atoms with Crippen LogP contribution < -0.4 is 0 Å². The summed E-state index contributed by atoms with van der Waals surface area (Å²) in [6.07, 6.45) is 3.98. The van der Waals surface area contributed by atoms with Gasteiger partial charge in [0.05, 0.1) is 5.41 Å². The Kier molecular flexibility index (Phi) is 3.53. The predicted molar refractivity (Wildman–Crippen MR) is 56.3 cm³/mol. The van der Waals surface area contributed by atoms with Gasteiger partial charge in [-0.1, -0.05) is 6.42 Å². The van der Waals surface area contributed by atoms with Crippen LogP contribution in [0.4, 0.5) is 0 Å². The van der Waals surface area contributed by atoms with Gasteiger partial charge in [0, 0.05) is 13.1 Å². The van der Waals surface area contributed by atoms with Gasteiger partial charge in [0.25, 0.3) is 0 Å². The van der Waals surface area contributed by atoms with Gasteiger partial charge in [-0.2, -0.15) is 0 Å². The summed E-state index contributed by atoms with van der Waals surface area (Å²) in [6, 6.07) is 0. The molecule has 0 saturated heterocycles. The molecule has 0 aliphatic heterocycles. The van der Waals surface area contributed by atoms with E-state index in [1.165, 1.54) is 19.3 Å². The van der Waals surface area contributed by atoms with E-state index in [2.05, 4.69) is 4.90 Å². The van der Waals surface area contributed by atoms with Crippen molar-refractivity contribution in [2.24, 2.45) is 11.3 Å². The summed E-state index contributed by atoms with van der Waals surface area (Å²) in [5.41, 5.74) is -0.626. The third-order valence-corrected chi connectivity index (χ3v) is 3.04. The molecule has 0 atom stereocenters. The maximum Gasteiger partial charge on any atom is 0.310 e. The zero-order valence-electron chi connectivity index (χ0n) is 9.42. The lowest BCUT2D eigenvalue weighted by atomic mass is 9.84. The molecule has 0 unspecified atom stereocenters. The first-order chi connectivity index (χ1) is 6.42. The Morgan fingerprint density at radius 2 is 2.07 bits per heavy atom. The Morgan fingerprint density at radius 1 is 1.50 bits per heavy atom. The number of carbonyl (C=O) groups is 1. The van der Waals surface area contributed by atoms with Crippen LogP contribution in [-0.4, -0.2) is 36.1 Å². The van der Waals surface area contributed by atoms with Crippen LogP contribution in [0.5, 0.6) is 0 Å². The van der Waals surface area contributed by atoms with Crippen molar-refractivity contribution in [1.82, 2.24) is 4.90 Å². The fourth-order valence-corrected chi connectivity index (χ4v) is 1.92. The Labute approximate surface area is 86.1 Å². The fourth-order valence-electron chi connectivity index (χ4n) is 1.92. The monoisotopic (exact) mass is 199 g/mol. The van der Waals surface area contributed by atoms with Gasteiger partial charge in [0.1, 0.15) is 0 Å². The highest BCUT2D eigenvalue weighted by atomic mass is 16.4. The molecule has 0 amide bonds. The molecule has 0 heterocycles. The predicted octanol–water partition coefficient (Wildman–Crippen LogP) is 1.83. The van der Waals surface area contributed by atoms with E-state index >= 15 is 0 Å². The van der Waals surface area contributed by atoms with Gasteiger partial charge in [-0.3, -0.25) is 4.79 Å². The molecule has 0 spiro atoms. The quantitative estimate of drug-likeness (QED) is 0.734. The van der Waals surface area contributed by atoms with Crippen molar-refractivity contribution in [2.45, 2.75) is 33.1 Å². The van der Waals surface area contributed by atoms with Crippen molar-refractivity contribution < 1.29 is 9.90 Å². The number of aliphatic carboxylic acids is 1. The number of rotatable bonds is 5. The highest BCUT2D eigenvalue weighted by Gasteiger charge is 2.29. The van der Waals surface area contributed by atoms with Gasteiger partial charge in [-0.25, -0.2) is 0 Å². The minimum absolute atomic E-state index is 0.626. The topological polar surface area (TPSA) is 40.5 Å². The second kappa shape index (κ2) is 4.30. The van der Waals surface area contributed by atoms with E-state index in [1.807, 2.05) is 7.05 Å². The van der Waals surface area contributed by atoms with Crippen LogP contribution in [0, 0.1) is 11.3 Å². The maximum atomic E-state index is 10.9. The average Bonchev–Trinajstić information content (AvgIpc) is 1.96. The molecule has 0 bridgehead atoms. The van der Waals surface area contributed by atoms with Crippen LogP contribution in [0.25, 0.3) is 0 Å². The van der Waals surface area contributed by atoms with Crippen LogP contribution in [0.15, 0.2) is 0 Å². The summed E-state index contributed by atoms with van der Waals surface area (Å²) in [6.45, 7) is 5.26. The number of carboxylic acid groups (broad SMARTS) is 1. The smallest absolute Gasteiger partial charge is 0.310 e. The second-order valence-corrected chi connectivity index (χ2v) is 5.18. The van der Waals surface area contributed by atoms with Gasteiger partial charge in [0.2, 0.25) is 0 Å². The van der Waals surface area contributed by atoms with Crippen molar-refractivity contribution in [2.75, 3.05) is 20.1 Å². The summed E-state index contributed by atoms with van der Waals surface area (Å²) >= 11 is 0. The van der Waals surface area contributed by atoms with E-state index in [1.54, 1.807) is 13.8 Å². The van der Waals surface area contributed by atoms with Crippen LogP contribution >= 0.6 is 0 Å². The zero-order valence-corrected chi connectivity index (χ0v) is 9.42. The summed E-state index contributed by atoms with van der Waals surface area (Å²) in [5, 5.41) is 8.97. The molecule has 0 aromatic carbocycles. The molecule has 3 nitrogen and oxygen atoms in total. The van der Waals surface area contributed by atoms with Gasteiger partial charge in [-0.05, 0) is 39.7 Å². The van der Waals surface area contributed by atoms with Crippen molar-refractivity contribution in [3.8, 4) is 0 Å². The van der Waals surface area contributed by atoms with E-state index in [0.29, 0.717) is 6.54 Å². The zero-order chi connectivity index (χ0) is 10.8. The minimum atomic E-state index is -0.710. The first-order valence-corrected chi connectivity index (χ1v) is 5.34. The van der Waals surface area contributed by atoms with E-state index in [4.69, 9.17) is 5.11 Å². The van der Waals surface area contributed by atoms with E-state index < -0.39 is 11.4 Å². The van der Waals surface area contributed by atoms with Crippen molar-refractivity contribution in [1.29, 1.82) is 0 Å². The molecule has 1 aliphatic rings. The lowest BCUT2D eigenvalue weighted by Gasteiger charge is -2.33. The molecule has 14 heavy (non-hydrogen) atoms. The van der Waals surface area contributed by atoms with Crippen molar-refractivity contribution in [3.63, 3.8) is 0 Å². The largest absolute Gasteiger partial charge is 0.481 e. The second-order valence-electron chi connectivity index (χ2n) is 5.18. The normalized spacial score (nSPS) is 18.3.